The number of nitrogens with one attached hydrogen (secondary N) is 2. The summed E-state index contributed by atoms with van der Waals surface area (Å²) in [4.78, 5) is 24.4. The first-order valence-corrected chi connectivity index (χ1v) is 9.98. The van der Waals surface area contributed by atoms with Crippen molar-refractivity contribution >= 4 is 46.4 Å². The molecule has 0 aliphatic heterocycles. The Hall–Kier alpha value is -2.76. The van der Waals surface area contributed by atoms with Gasteiger partial charge in [0.2, 0.25) is 5.91 Å². The number of anilines is 2. The zero-order valence-electron chi connectivity index (χ0n) is 15.8. The molecular formula is C22H20Cl2N2O3. The van der Waals surface area contributed by atoms with Gasteiger partial charge in [-0.25, -0.2) is 0 Å². The van der Waals surface area contributed by atoms with Gasteiger partial charge in [-0.2, -0.15) is 0 Å². The Balaban J connectivity index is 1.68. The maximum Gasteiger partial charge on any atom is 0.291 e. The summed E-state index contributed by atoms with van der Waals surface area (Å²) in [6.45, 7) is 2.03. The summed E-state index contributed by atoms with van der Waals surface area (Å²) < 4.78 is 5.65. The quantitative estimate of drug-likeness (QED) is 0.441. The molecule has 0 saturated heterocycles. The normalized spacial score (nSPS) is 10.6. The topological polar surface area (TPSA) is 71.3 Å². The molecule has 0 spiro atoms. The second-order valence-corrected chi connectivity index (χ2v) is 7.29. The van der Waals surface area contributed by atoms with Gasteiger partial charge in [-0.05, 0) is 55.0 Å². The highest BCUT2D eigenvalue weighted by atomic mass is 35.5. The van der Waals surface area contributed by atoms with Crippen LogP contribution in [0, 0.1) is 0 Å². The number of rotatable bonds is 7. The molecule has 29 heavy (non-hydrogen) atoms. The van der Waals surface area contributed by atoms with E-state index in [-0.39, 0.29) is 11.7 Å². The molecule has 0 aliphatic rings. The highest BCUT2D eigenvalue weighted by Crippen LogP contribution is 2.29. The van der Waals surface area contributed by atoms with Crippen LogP contribution in [0.25, 0.3) is 11.3 Å². The molecule has 3 aromatic rings. The number of carbonyl (C=O) groups is 2. The molecule has 0 unspecified atom stereocenters. The van der Waals surface area contributed by atoms with E-state index >= 15 is 0 Å². The van der Waals surface area contributed by atoms with E-state index in [9.17, 15) is 9.59 Å². The minimum absolute atomic E-state index is 0.0485. The fraction of sp³-hybridized carbons (Fsp3) is 0.182. The molecule has 1 aromatic heterocycles. The predicted molar refractivity (Wildman–Crippen MR) is 117 cm³/mol. The van der Waals surface area contributed by atoms with E-state index in [1.165, 1.54) is 0 Å². The smallest absolute Gasteiger partial charge is 0.291 e. The van der Waals surface area contributed by atoms with Crippen molar-refractivity contribution in [1.82, 2.24) is 0 Å². The molecule has 0 aliphatic carbocycles. The van der Waals surface area contributed by atoms with Gasteiger partial charge in [0.1, 0.15) is 5.76 Å². The van der Waals surface area contributed by atoms with Gasteiger partial charge in [0.15, 0.2) is 5.76 Å². The van der Waals surface area contributed by atoms with Crippen LogP contribution in [0.2, 0.25) is 10.0 Å². The molecule has 0 saturated carbocycles. The van der Waals surface area contributed by atoms with Crippen LogP contribution < -0.4 is 10.6 Å². The summed E-state index contributed by atoms with van der Waals surface area (Å²) in [5, 5.41) is 6.45. The monoisotopic (exact) mass is 430 g/mol. The lowest BCUT2D eigenvalue weighted by molar-refractivity contribution is -0.116. The van der Waals surface area contributed by atoms with Crippen LogP contribution in [0.5, 0.6) is 0 Å². The molecule has 0 fully saturated rings. The van der Waals surface area contributed by atoms with Crippen molar-refractivity contribution in [3.05, 3.63) is 70.4 Å². The van der Waals surface area contributed by atoms with Crippen molar-refractivity contribution in [1.29, 1.82) is 0 Å². The second-order valence-electron chi connectivity index (χ2n) is 6.48. The lowest BCUT2D eigenvalue weighted by Gasteiger charge is -2.08. The molecule has 2 amide bonds. The average molecular weight is 431 g/mol. The maximum absolute atomic E-state index is 12.5. The second kappa shape index (κ2) is 9.63. The van der Waals surface area contributed by atoms with Gasteiger partial charge < -0.3 is 15.1 Å². The lowest BCUT2D eigenvalue weighted by Crippen LogP contribution is -2.13. The third-order valence-electron chi connectivity index (χ3n) is 4.20. The molecule has 3 rings (SSSR count). The summed E-state index contributed by atoms with van der Waals surface area (Å²) in [5.74, 6) is 0.215. The zero-order valence-corrected chi connectivity index (χ0v) is 17.3. The SMILES string of the molecule is CCCCC(=O)Nc1cccc(NC(=O)c2ccc(-c3ccc(Cl)c(Cl)c3)o2)c1. The predicted octanol–water partition coefficient (Wildman–Crippen LogP) is 6.63. The van der Waals surface area contributed by atoms with Gasteiger partial charge in [-0.15, -0.1) is 0 Å². The maximum atomic E-state index is 12.5. The van der Waals surface area contributed by atoms with E-state index in [2.05, 4.69) is 10.6 Å². The van der Waals surface area contributed by atoms with Crippen molar-refractivity contribution in [2.75, 3.05) is 10.6 Å². The number of hydrogen-bond donors (Lipinski definition) is 2. The van der Waals surface area contributed by atoms with E-state index < -0.39 is 5.91 Å². The van der Waals surface area contributed by atoms with Gasteiger partial charge in [-0.3, -0.25) is 9.59 Å². The van der Waals surface area contributed by atoms with Gasteiger partial charge in [0, 0.05) is 23.4 Å². The summed E-state index contributed by atoms with van der Waals surface area (Å²) in [6.07, 6.45) is 2.26. The van der Waals surface area contributed by atoms with Crippen LogP contribution in [-0.2, 0) is 4.79 Å². The number of amides is 2. The number of halogens is 2. The molecule has 0 atom stereocenters. The number of benzene rings is 2. The minimum Gasteiger partial charge on any atom is -0.451 e. The van der Waals surface area contributed by atoms with E-state index in [4.69, 9.17) is 27.6 Å². The molecule has 0 bridgehead atoms. The molecule has 150 valence electrons. The highest BCUT2D eigenvalue weighted by Gasteiger charge is 2.14. The van der Waals surface area contributed by atoms with Gasteiger partial charge in [0.25, 0.3) is 5.91 Å². The number of furan rings is 1. The Morgan fingerprint density at radius 1 is 0.931 bits per heavy atom. The summed E-state index contributed by atoms with van der Waals surface area (Å²) in [6, 6.07) is 15.4. The number of unbranched alkanes of at least 4 members (excludes halogenated alkanes) is 1. The van der Waals surface area contributed by atoms with Crippen LogP contribution in [0.4, 0.5) is 11.4 Å². The van der Waals surface area contributed by atoms with Gasteiger partial charge in [0.05, 0.1) is 10.0 Å². The molecule has 7 heteroatoms. The fourth-order valence-corrected chi connectivity index (χ4v) is 2.99. The Kier molecular flexibility index (Phi) is 6.96. The van der Waals surface area contributed by atoms with Crippen LogP contribution >= 0.6 is 23.2 Å². The van der Waals surface area contributed by atoms with Crippen molar-refractivity contribution in [2.24, 2.45) is 0 Å². The van der Waals surface area contributed by atoms with E-state index in [0.717, 1.165) is 18.4 Å². The summed E-state index contributed by atoms with van der Waals surface area (Å²) in [7, 11) is 0. The van der Waals surface area contributed by atoms with Crippen molar-refractivity contribution in [3.8, 4) is 11.3 Å². The van der Waals surface area contributed by atoms with Crippen molar-refractivity contribution < 1.29 is 14.0 Å². The molecule has 2 aromatic carbocycles. The third kappa shape index (κ3) is 5.62. The molecule has 0 radical (unpaired) electrons. The lowest BCUT2D eigenvalue weighted by atomic mass is 10.2. The van der Waals surface area contributed by atoms with E-state index in [0.29, 0.717) is 33.6 Å². The van der Waals surface area contributed by atoms with Crippen molar-refractivity contribution in [3.63, 3.8) is 0 Å². The standard InChI is InChI=1S/C22H20Cl2N2O3/c1-2-3-7-21(27)25-15-5-4-6-16(13-15)26-22(28)20-11-10-19(29-20)14-8-9-17(23)18(24)12-14/h4-6,8-13H,2-3,7H2,1H3,(H,25,27)(H,26,28). The molecule has 2 N–H and O–H groups in total. The number of hydrogen-bond acceptors (Lipinski definition) is 3. The minimum atomic E-state index is -0.397. The molecule has 5 nitrogen and oxygen atoms in total. The third-order valence-corrected chi connectivity index (χ3v) is 4.93. The Morgan fingerprint density at radius 3 is 2.41 bits per heavy atom. The summed E-state index contributed by atoms with van der Waals surface area (Å²) >= 11 is 12.0. The molecule has 1 heterocycles. The van der Waals surface area contributed by atoms with Gasteiger partial charge >= 0.3 is 0 Å². The first-order chi connectivity index (χ1) is 14.0. The average Bonchev–Trinajstić information content (AvgIpc) is 3.19. The number of carbonyl (C=O) groups excluding carboxylic acids is 2. The Morgan fingerprint density at radius 2 is 1.69 bits per heavy atom. The molecular weight excluding hydrogens is 411 g/mol. The van der Waals surface area contributed by atoms with Crippen molar-refractivity contribution in [2.45, 2.75) is 26.2 Å². The van der Waals surface area contributed by atoms with E-state index in [1.54, 1.807) is 54.6 Å². The summed E-state index contributed by atoms with van der Waals surface area (Å²) in [5.41, 5.74) is 1.89. The largest absolute Gasteiger partial charge is 0.451 e. The van der Waals surface area contributed by atoms with Gasteiger partial charge in [-0.1, -0.05) is 42.6 Å². The van der Waals surface area contributed by atoms with E-state index in [1.807, 2.05) is 6.92 Å². The highest BCUT2D eigenvalue weighted by molar-refractivity contribution is 6.42. The Labute approximate surface area is 179 Å². The van der Waals surface area contributed by atoms with Crippen LogP contribution in [0.3, 0.4) is 0 Å². The Bertz CT molecular complexity index is 1030. The van der Waals surface area contributed by atoms with Crippen LogP contribution in [0.15, 0.2) is 59.0 Å². The van der Waals surface area contributed by atoms with Crippen LogP contribution in [-0.4, -0.2) is 11.8 Å². The first kappa shape index (κ1) is 21.0. The first-order valence-electron chi connectivity index (χ1n) is 9.23. The fourth-order valence-electron chi connectivity index (χ4n) is 2.69. The van der Waals surface area contributed by atoms with Crippen LogP contribution in [0.1, 0.15) is 36.7 Å². The zero-order chi connectivity index (χ0) is 20.8.